The molecule has 0 aliphatic heterocycles. The molecular weight excluding hydrogens is 222 g/mol. The summed E-state index contributed by atoms with van der Waals surface area (Å²) in [6, 6.07) is 8.60. The van der Waals surface area contributed by atoms with Gasteiger partial charge in [-0.3, -0.25) is 0 Å². The molecule has 2 rings (SSSR count). The van der Waals surface area contributed by atoms with E-state index in [1.54, 1.807) is 0 Å². The Bertz CT molecular complexity index is 530. The number of hydrogen-bond donors (Lipinski definition) is 1. The molecule has 1 heterocycles. The Balaban J connectivity index is 2.40. The van der Waals surface area contributed by atoms with Crippen LogP contribution in [-0.2, 0) is 19.0 Å². The monoisotopic (exact) mass is 243 g/mol. The first-order chi connectivity index (χ1) is 8.43. The van der Waals surface area contributed by atoms with E-state index in [1.165, 1.54) is 5.56 Å². The molecule has 0 aliphatic rings. The minimum Gasteiger partial charge on any atom is -0.336 e. The normalized spacial score (nSPS) is 11.8. The molecule has 96 valence electrons. The Morgan fingerprint density at radius 2 is 1.78 bits per heavy atom. The summed E-state index contributed by atoms with van der Waals surface area (Å²) in [7, 11) is 1.97. The molecule has 2 N–H and O–H groups in total. The first-order valence-electron chi connectivity index (χ1n) is 6.24. The first-order valence-corrected chi connectivity index (χ1v) is 6.24. The maximum absolute atomic E-state index is 5.77. The zero-order valence-corrected chi connectivity index (χ0v) is 11.6. The Morgan fingerprint density at radius 1 is 1.17 bits per heavy atom. The second kappa shape index (κ2) is 4.58. The molecule has 0 radical (unpaired) electrons. The highest BCUT2D eigenvalue weighted by molar-refractivity contribution is 5.62. The van der Waals surface area contributed by atoms with Crippen LogP contribution in [0.25, 0.3) is 11.3 Å². The molecule has 0 fully saturated rings. The SMILES string of the molecule is Cn1cnc(-c2ccc(C(C)(C)C)cc2)c1CN. The Kier molecular flexibility index (Phi) is 3.26. The molecule has 0 saturated carbocycles. The summed E-state index contributed by atoms with van der Waals surface area (Å²) in [5, 5.41) is 0. The molecular formula is C15H21N3. The van der Waals surface area contributed by atoms with Crippen molar-refractivity contribution in [3.63, 3.8) is 0 Å². The van der Waals surface area contributed by atoms with Crippen molar-refractivity contribution in [1.82, 2.24) is 9.55 Å². The van der Waals surface area contributed by atoms with Gasteiger partial charge in [-0.15, -0.1) is 0 Å². The van der Waals surface area contributed by atoms with Gasteiger partial charge in [-0.1, -0.05) is 45.0 Å². The first kappa shape index (κ1) is 12.8. The van der Waals surface area contributed by atoms with Crippen LogP contribution in [0.15, 0.2) is 30.6 Å². The summed E-state index contributed by atoms with van der Waals surface area (Å²) >= 11 is 0. The van der Waals surface area contributed by atoms with Crippen LogP contribution >= 0.6 is 0 Å². The molecule has 1 aromatic carbocycles. The second-order valence-corrected chi connectivity index (χ2v) is 5.68. The highest BCUT2D eigenvalue weighted by Gasteiger charge is 2.14. The van der Waals surface area contributed by atoms with Crippen molar-refractivity contribution >= 4 is 0 Å². The second-order valence-electron chi connectivity index (χ2n) is 5.68. The van der Waals surface area contributed by atoms with Crippen LogP contribution in [0.1, 0.15) is 32.0 Å². The zero-order valence-electron chi connectivity index (χ0n) is 11.6. The molecule has 0 amide bonds. The number of imidazole rings is 1. The summed E-state index contributed by atoms with van der Waals surface area (Å²) in [5.41, 5.74) is 10.5. The highest BCUT2D eigenvalue weighted by Crippen LogP contribution is 2.26. The molecule has 2 aromatic rings. The van der Waals surface area contributed by atoms with Gasteiger partial charge in [-0.2, -0.15) is 0 Å². The molecule has 0 bridgehead atoms. The maximum Gasteiger partial charge on any atom is 0.0953 e. The van der Waals surface area contributed by atoms with Crippen LogP contribution < -0.4 is 5.73 Å². The van der Waals surface area contributed by atoms with Gasteiger partial charge >= 0.3 is 0 Å². The van der Waals surface area contributed by atoms with Crippen molar-refractivity contribution in [2.75, 3.05) is 0 Å². The third-order valence-corrected chi connectivity index (χ3v) is 3.28. The lowest BCUT2D eigenvalue weighted by molar-refractivity contribution is 0.590. The van der Waals surface area contributed by atoms with E-state index in [1.807, 2.05) is 17.9 Å². The average Bonchev–Trinajstić information content (AvgIpc) is 2.69. The summed E-state index contributed by atoms with van der Waals surface area (Å²) in [6.45, 7) is 7.16. The molecule has 0 unspecified atom stereocenters. The van der Waals surface area contributed by atoms with Gasteiger partial charge in [0.1, 0.15) is 0 Å². The summed E-state index contributed by atoms with van der Waals surface area (Å²) < 4.78 is 1.98. The van der Waals surface area contributed by atoms with Crippen LogP contribution in [0.2, 0.25) is 0 Å². The fourth-order valence-electron chi connectivity index (χ4n) is 2.07. The van der Waals surface area contributed by atoms with Crippen molar-refractivity contribution in [2.24, 2.45) is 12.8 Å². The van der Waals surface area contributed by atoms with E-state index in [0.717, 1.165) is 17.0 Å². The molecule has 3 heteroatoms. The van der Waals surface area contributed by atoms with E-state index in [9.17, 15) is 0 Å². The molecule has 3 nitrogen and oxygen atoms in total. The van der Waals surface area contributed by atoms with Crippen molar-refractivity contribution in [3.05, 3.63) is 41.9 Å². The van der Waals surface area contributed by atoms with E-state index in [0.29, 0.717) is 6.54 Å². The zero-order chi connectivity index (χ0) is 13.3. The lowest BCUT2D eigenvalue weighted by atomic mass is 9.86. The maximum atomic E-state index is 5.77. The predicted molar refractivity (Wildman–Crippen MR) is 75.2 cm³/mol. The topological polar surface area (TPSA) is 43.8 Å². The van der Waals surface area contributed by atoms with Crippen LogP contribution in [-0.4, -0.2) is 9.55 Å². The minimum atomic E-state index is 0.180. The molecule has 18 heavy (non-hydrogen) atoms. The number of nitrogens with two attached hydrogens (primary N) is 1. The smallest absolute Gasteiger partial charge is 0.0953 e. The van der Waals surface area contributed by atoms with E-state index >= 15 is 0 Å². The van der Waals surface area contributed by atoms with Gasteiger partial charge in [0.25, 0.3) is 0 Å². The fourth-order valence-corrected chi connectivity index (χ4v) is 2.07. The number of rotatable bonds is 2. The van der Waals surface area contributed by atoms with Crippen LogP contribution in [0.3, 0.4) is 0 Å². The van der Waals surface area contributed by atoms with Gasteiger partial charge in [0.2, 0.25) is 0 Å². The van der Waals surface area contributed by atoms with E-state index in [2.05, 4.69) is 50.0 Å². The third kappa shape index (κ3) is 2.31. The van der Waals surface area contributed by atoms with E-state index in [4.69, 9.17) is 5.73 Å². The van der Waals surface area contributed by atoms with Crippen LogP contribution in [0.5, 0.6) is 0 Å². The highest BCUT2D eigenvalue weighted by atomic mass is 15.0. The van der Waals surface area contributed by atoms with Gasteiger partial charge in [0.05, 0.1) is 17.7 Å². The predicted octanol–water partition coefficient (Wildman–Crippen LogP) is 2.84. The summed E-state index contributed by atoms with van der Waals surface area (Å²) in [6.07, 6.45) is 1.81. The van der Waals surface area contributed by atoms with Gasteiger partial charge in [-0.25, -0.2) is 4.98 Å². The van der Waals surface area contributed by atoms with E-state index < -0.39 is 0 Å². The van der Waals surface area contributed by atoms with Crippen LogP contribution in [0, 0.1) is 0 Å². The standard InChI is InChI=1S/C15H21N3/c1-15(2,3)12-7-5-11(6-8-12)14-13(9-16)18(4)10-17-14/h5-8,10H,9,16H2,1-4H3. The van der Waals surface area contributed by atoms with Crippen molar-refractivity contribution in [1.29, 1.82) is 0 Å². The number of aromatic nitrogens is 2. The van der Waals surface area contributed by atoms with Crippen molar-refractivity contribution in [3.8, 4) is 11.3 Å². The van der Waals surface area contributed by atoms with E-state index in [-0.39, 0.29) is 5.41 Å². The Morgan fingerprint density at radius 3 is 2.28 bits per heavy atom. The van der Waals surface area contributed by atoms with Gasteiger partial charge < -0.3 is 10.3 Å². The molecule has 0 spiro atoms. The largest absolute Gasteiger partial charge is 0.336 e. The van der Waals surface area contributed by atoms with Crippen molar-refractivity contribution < 1.29 is 0 Å². The number of aryl methyl sites for hydroxylation is 1. The Labute approximate surface area is 109 Å². The third-order valence-electron chi connectivity index (χ3n) is 3.28. The lowest BCUT2D eigenvalue weighted by Crippen LogP contribution is -2.10. The fraction of sp³-hybridized carbons (Fsp3) is 0.400. The average molecular weight is 243 g/mol. The Hall–Kier alpha value is -1.61. The molecule has 1 aromatic heterocycles. The molecule has 0 saturated heterocycles. The minimum absolute atomic E-state index is 0.180. The number of hydrogen-bond acceptors (Lipinski definition) is 2. The summed E-state index contributed by atoms with van der Waals surface area (Å²) in [4.78, 5) is 4.43. The van der Waals surface area contributed by atoms with Crippen molar-refractivity contribution in [2.45, 2.75) is 32.7 Å². The van der Waals surface area contributed by atoms with Gasteiger partial charge in [-0.05, 0) is 11.0 Å². The number of nitrogens with zero attached hydrogens (tertiary/aromatic N) is 2. The molecule has 0 aliphatic carbocycles. The van der Waals surface area contributed by atoms with Crippen LogP contribution in [0.4, 0.5) is 0 Å². The van der Waals surface area contributed by atoms with Gasteiger partial charge in [0, 0.05) is 19.2 Å². The van der Waals surface area contributed by atoms with Gasteiger partial charge in [0.15, 0.2) is 0 Å². The lowest BCUT2D eigenvalue weighted by Gasteiger charge is -2.19. The number of benzene rings is 1. The molecule has 0 atom stereocenters. The quantitative estimate of drug-likeness (QED) is 0.881. The summed E-state index contributed by atoms with van der Waals surface area (Å²) in [5.74, 6) is 0.